The predicted octanol–water partition coefficient (Wildman–Crippen LogP) is 4.31. The van der Waals surface area contributed by atoms with E-state index < -0.39 is 0 Å². The van der Waals surface area contributed by atoms with Crippen molar-refractivity contribution in [2.24, 2.45) is 0 Å². The van der Waals surface area contributed by atoms with Gasteiger partial charge in [0.15, 0.2) is 0 Å². The van der Waals surface area contributed by atoms with E-state index in [4.69, 9.17) is 4.74 Å². The highest BCUT2D eigenvalue weighted by atomic mass is 32.2. The topological polar surface area (TPSA) is 21.3 Å². The maximum atomic E-state index is 6.32. The van der Waals surface area contributed by atoms with Gasteiger partial charge in [-0.2, -0.15) is 0 Å². The molecular formula is C16H23NOS. The third-order valence-corrected chi connectivity index (χ3v) is 5.18. The molecule has 2 nitrogen and oxygen atoms in total. The summed E-state index contributed by atoms with van der Waals surface area (Å²) < 4.78 is 6.32. The van der Waals surface area contributed by atoms with Gasteiger partial charge in [0.2, 0.25) is 0 Å². The number of hydrogen-bond donors (Lipinski definition) is 1. The van der Waals surface area contributed by atoms with Crippen LogP contribution in [-0.4, -0.2) is 24.5 Å². The monoisotopic (exact) mass is 277 g/mol. The van der Waals surface area contributed by atoms with Gasteiger partial charge in [-0.05, 0) is 50.1 Å². The van der Waals surface area contributed by atoms with Crippen LogP contribution < -0.4 is 5.32 Å². The molecule has 1 aliphatic heterocycles. The molecule has 1 aromatic rings. The maximum absolute atomic E-state index is 6.32. The molecule has 1 heterocycles. The Morgan fingerprint density at radius 3 is 2.95 bits per heavy atom. The minimum atomic E-state index is 0.257. The Bertz CT molecular complexity index is 429. The van der Waals surface area contributed by atoms with Gasteiger partial charge >= 0.3 is 0 Å². The van der Waals surface area contributed by atoms with E-state index in [2.05, 4.69) is 35.8 Å². The maximum Gasteiger partial charge on any atom is 0.0756 e. The number of hydrogen-bond acceptors (Lipinski definition) is 3. The molecule has 1 spiro atoms. The molecule has 2 fully saturated rings. The van der Waals surface area contributed by atoms with E-state index in [0.717, 1.165) is 6.54 Å². The first-order chi connectivity index (χ1) is 9.30. The van der Waals surface area contributed by atoms with Crippen molar-refractivity contribution < 1.29 is 4.74 Å². The van der Waals surface area contributed by atoms with Crippen LogP contribution in [-0.2, 0) is 4.74 Å². The van der Waals surface area contributed by atoms with Gasteiger partial charge in [-0.15, -0.1) is 11.8 Å². The molecule has 3 rings (SSSR count). The molecule has 2 aliphatic rings. The van der Waals surface area contributed by atoms with Gasteiger partial charge in [0.25, 0.3) is 0 Å². The molecule has 0 radical (unpaired) electrons. The standard InChI is InChI=1S/C16H23NOS/c1-19-15-6-4-5-13(11-15)17-12-14-7-10-16(18-14)8-2-3-9-16/h4-6,11,14,17H,2-3,7-10,12H2,1H3. The summed E-state index contributed by atoms with van der Waals surface area (Å²) in [6.45, 7) is 0.944. The highest BCUT2D eigenvalue weighted by Gasteiger charge is 2.41. The van der Waals surface area contributed by atoms with Crippen molar-refractivity contribution in [2.75, 3.05) is 18.1 Å². The zero-order valence-corrected chi connectivity index (χ0v) is 12.5. The number of nitrogens with one attached hydrogen (secondary N) is 1. The Morgan fingerprint density at radius 2 is 2.16 bits per heavy atom. The average Bonchev–Trinajstić information content (AvgIpc) is 3.08. The lowest BCUT2D eigenvalue weighted by atomic mass is 9.98. The second-order valence-corrected chi connectivity index (χ2v) is 6.66. The molecule has 1 unspecified atom stereocenters. The minimum absolute atomic E-state index is 0.257. The van der Waals surface area contributed by atoms with Crippen LogP contribution in [0.5, 0.6) is 0 Å². The summed E-state index contributed by atoms with van der Waals surface area (Å²) in [5.41, 5.74) is 1.47. The summed E-state index contributed by atoms with van der Waals surface area (Å²) >= 11 is 1.79. The highest BCUT2D eigenvalue weighted by molar-refractivity contribution is 7.98. The third kappa shape index (κ3) is 3.09. The van der Waals surface area contributed by atoms with Crippen molar-refractivity contribution in [1.29, 1.82) is 0 Å². The summed E-state index contributed by atoms with van der Waals surface area (Å²) in [6, 6.07) is 8.61. The first-order valence-electron chi connectivity index (χ1n) is 7.35. The second-order valence-electron chi connectivity index (χ2n) is 5.78. The lowest BCUT2D eigenvalue weighted by molar-refractivity contribution is -0.0307. The van der Waals surface area contributed by atoms with Gasteiger partial charge < -0.3 is 10.1 Å². The van der Waals surface area contributed by atoms with Crippen LogP contribution in [0.3, 0.4) is 0 Å². The van der Waals surface area contributed by atoms with Gasteiger partial charge in [0, 0.05) is 17.1 Å². The second kappa shape index (κ2) is 5.76. The van der Waals surface area contributed by atoms with E-state index in [0.29, 0.717) is 6.10 Å². The van der Waals surface area contributed by atoms with Crippen molar-refractivity contribution in [2.45, 2.75) is 55.1 Å². The first-order valence-corrected chi connectivity index (χ1v) is 8.58. The molecule has 1 aliphatic carbocycles. The van der Waals surface area contributed by atoms with Crippen LogP contribution in [0.1, 0.15) is 38.5 Å². The predicted molar refractivity (Wildman–Crippen MR) is 82.0 cm³/mol. The normalized spacial score (nSPS) is 25.0. The van der Waals surface area contributed by atoms with Crippen molar-refractivity contribution in [3.05, 3.63) is 24.3 Å². The first kappa shape index (κ1) is 13.3. The molecule has 1 aromatic carbocycles. The molecular weight excluding hydrogens is 254 g/mol. The number of rotatable bonds is 4. The summed E-state index contributed by atoms with van der Waals surface area (Å²) in [6.07, 6.45) is 10.3. The van der Waals surface area contributed by atoms with Crippen LogP contribution in [0.25, 0.3) is 0 Å². The van der Waals surface area contributed by atoms with E-state index in [1.165, 1.54) is 49.1 Å². The smallest absolute Gasteiger partial charge is 0.0756 e. The highest BCUT2D eigenvalue weighted by Crippen LogP contribution is 2.43. The summed E-state index contributed by atoms with van der Waals surface area (Å²) in [7, 11) is 0. The minimum Gasteiger partial charge on any atom is -0.382 e. The van der Waals surface area contributed by atoms with Crippen molar-refractivity contribution >= 4 is 17.4 Å². The fourth-order valence-corrected chi connectivity index (χ4v) is 3.85. The number of benzene rings is 1. The van der Waals surface area contributed by atoms with Gasteiger partial charge in [-0.25, -0.2) is 0 Å². The molecule has 1 N–H and O–H groups in total. The Morgan fingerprint density at radius 1 is 1.32 bits per heavy atom. The molecule has 1 atom stereocenters. The summed E-state index contributed by atoms with van der Waals surface area (Å²) in [5, 5.41) is 3.53. The zero-order valence-electron chi connectivity index (χ0n) is 11.7. The fourth-order valence-electron chi connectivity index (χ4n) is 3.39. The number of thioether (sulfide) groups is 1. The van der Waals surface area contributed by atoms with Gasteiger partial charge in [-0.1, -0.05) is 18.9 Å². The SMILES string of the molecule is CSc1cccc(NCC2CCC3(CCCC3)O2)c1. The van der Waals surface area contributed by atoms with Crippen LogP contribution in [0.15, 0.2) is 29.2 Å². The van der Waals surface area contributed by atoms with E-state index in [-0.39, 0.29) is 5.60 Å². The Balaban J connectivity index is 1.52. The molecule has 0 amide bonds. The lowest BCUT2D eigenvalue weighted by Crippen LogP contribution is -2.27. The molecule has 1 saturated carbocycles. The van der Waals surface area contributed by atoms with Crippen molar-refractivity contribution in [1.82, 2.24) is 0 Å². The average molecular weight is 277 g/mol. The number of anilines is 1. The van der Waals surface area contributed by atoms with E-state index >= 15 is 0 Å². The Labute approximate surface area is 120 Å². The van der Waals surface area contributed by atoms with E-state index in [1.54, 1.807) is 11.8 Å². The number of ether oxygens (including phenoxy) is 1. The van der Waals surface area contributed by atoms with Crippen molar-refractivity contribution in [3.63, 3.8) is 0 Å². The largest absolute Gasteiger partial charge is 0.382 e. The van der Waals surface area contributed by atoms with Crippen LogP contribution in [0, 0.1) is 0 Å². The Kier molecular flexibility index (Phi) is 4.04. The lowest BCUT2D eigenvalue weighted by Gasteiger charge is -2.24. The van der Waals surface area contributed by atoms with Crippen molar-refractivity contribution in [3.8, 4) is 0 Å². The van der Waals surface area contributed by atoms with Crippen LogP contribution in [0.4, 0.5) is 5.69 Å². The van der Waals surface area contributed by atoms with E-state index in [1.807, 2.05) is 0 Å². The van der Waals surface area contributed by atoms with Gasteiger partial charge in [-0.3, -0.25) is 0 Å². The molecule has 19 heavy (non-hydrogen) atoms. The molecule has 0 bridgehead atoms. The summed E-state index contributed by atoms with van der Waals surface area (Å²) in [4.78, 5) is 1.31. The quantitative estimate of drug-likeness (QED) is 0.829. The molecule has 3 heteroatoms. The third-order valence-electron chi connectivity index (χ3n) is 4.46. The van der Waals surface area contributed by atoms with Gasteiger partial charge in [0.05, 0.1) is 11.7 Å². The fraction of sp³-hybridized carbons (Fsp3) is 0.625. The Hall–Kier alpha value is -0.670. The molecule has 104 valence electrons. The van der Waals surface area contributed by atoms with Gasteiger partial charge in [0.1, 0.15) is 0 Å². The molecule has 0 aromatic heterocycles. The molecule has 1 saturated heterocycles. The zero-order chi connectivity index (χ0) is 13.1. The van der Waals surface area contributed by atoms with E-state index in [9.17, 15) is 0 Å². The van der Waals surface area contributed by atoms with Crippen LogP contribution in [0.2, 0.25) is 0 Å². The van der Waals surface area contributed by atoms with Crippen LogP contribution >= 0.6 is 11.8 Å². The summed E-state index contributed by atoms with van der Waals surface area (Å²) in [5.74, 6) is 0.